The van der Waals surface area contributed by atoms with Gasteiger partial charge in [-0.3, -0.25) is 4.79 Å². The molecule has 4 bridgehead atoms. The molecule has 25 heavy (non-hydrogen) atoms. The zero-order valence-corrected chi connectivity index (χ0v) is 15.2. The van der Waals surface area contributed by atoms with Gasteiger partial charge in [0.15, 0.2) is 0 Å². The van der Waals surface area contributed by atoms with Crippen molar-refractivity contribution >= 4 is 5.91 Å². The number of carbonyl (C=O) groups excluding carboxylic acids is 1. The zero-order valence-electron chi connectivity index (χ0n) is 15.2. The van der Waals surface area contributed by atoms with Crippen molar-refractivity contribution in [3.05, 3.63) is 35.6 Å². The van der Waals surface area contributed by atoms with Crippen molar-refractivity contribution in [1.82, 2.24) is 5.32 Å². The molecule has 0 saturated heterocycles. The van der Waals surface area contributed by atoms with E-state index in [9.17, 15) is 9.18 Å². The van der Waals surface area contributed by atoms with Gasteiger partial charge in [-0.1, -0.05) is 18.2 Å². The minimum absolute atomic E-state index is 0.159. The van der Waals surface area contributed by atoms with E-state index in [0.717, 1.165) is 37.0 Å². The zero-order chi connectivity index (χ0) is 17.7. The summed E-state index contributed by atoms with van der Waals surface area (Å²) in [6.45, 7) is 2.14. The van der Waals surface area contributed by atoms with Gasteiger partial charge in [-0.15, -0.1) is 0 Å². The monoisotopic (exact) mass is 345 g/mol. The molecular weight excluding hydrogens is 317 g/mol. The van der Waals surface area contributed by atoms with Crippen molar-refractivity contribution in [2.45, 2.75) is 51.0 Å². The first-order valence-corrected chi connectivity index (χ1v) is 9.52. The average Bonchev–Trinajstić information content (AvgIpc) is 2.58. The molecule has 0 radical (unpaired) electrons. The van der Waals surface area contributed by atoms with Crippen LogP contribution in [0.2, 0.25) is 0 Å². The molecule has 1 unspecified atom stereocenters. The fourth-order valence-corrected chi connectivity index (χ4v) is 5.99. The normalized spacial score (nSPS) is 35.4. The van der Waals surface area contributed by atoms with E-state index < -0.39 is 5.60 Å². The first kappa shape index (κ1) is 17.0. The highest BCUT2D eigenvalue weighted by atomic mass is 19.1. The lowest BCUT2D eigenvalue weighted by Crippen LogP contribution is -2.55. The fraction of sp³-hybridized carbons (Fsp3) is 0.667. The third-order valence-corrected chi connectivity index (χ3v) is 7.00. The first-order valence-electron chi connectivity index (χ1n) is 9.52. The minimum Gasteiger partial charge on any atom is -0.372 e. The van der Waals surface area contributed by atoms with Gasteiger partial charge in [0.1, 0.15) is 11.4 Å². The van der Waals surface area contributed by atoms with Gasteiger partial charge in [0.2, 0.25) is 5.91 Å². The van der Waals surface area contributed by atoms with E-state index in [1.54, 1.807) is 25.3 Å². The molecule has 136 valence electrons. The lowest BCUT2D eigenvalue weighted by Gasteiger charge is -2.55. The quantitative estimate of drug-likeness (QED) is 0.875. The summed E-state index contributed by atoms with van der Waals surface area (Å²) in [4.78, 5) is 13.1. The fourth-order valence-electron chi connectivity index (χ4n) is 5.99. The SMILES string of the molecule is COC(C)(CNC(=O)C12CC3CC(CC(C3)C1)C2)c1ccccc1F. The van der Waals surface area contributed by atoms with E-state index in [0.29, 0.717) is 12.1 Å². The molecule has 1 amide bonds. The van der Waals surface area contributed by atoms with Crippen LogP contribution in [0.3, 0.4) is 0 Å². The van der Waals surface area contributed by atoms with Crippen LogP contribution in [0, 0.1) is 29.0 Å². The van der Waals surface area contributed by atoms with Crippen LogP contribution >= 0.6 is 0 Å². The topological polar surface area (TPSA) is 38.3 Å². The number of amides is 1. The Hall–Kier alpha value is -1.42. The third-order valence-electron chi connectivity index (χ3n) is 7.00. The highest BCUT2D eigenvalue weighted by molar-refractivity contribution is 5.83. The highest BCUT2D eigenvalue weighted by Crippen LogP contribution is 2.60. The van der Waals surface area contributed by atoms with Crippen LogP contribution in [0.1, 0.15) is 51.0 Å². The van der Waals surface area contributed by atoms with Gasteiger partial charge in [0.05, 0.1) is 6.54 Å². The van der Waals surface area contributed by atoms with E-state index in [1.807, 2.05) is 6.92 Å². The molecule has 0 spiro atoms. The van der Waals surface area contributed by atoms with Gasteiger partial charge in [0.25, 0.3) is 0 Å². The predicted octanol–water partition coefficient (Wildman–Crippen LogP) is 4.02. The van der Waals surface area contributed by atoms with Crippen LogP contribution in [-0.2, 0) is 15.1 Å². The van der Waals surface area contributed by atoms with E-state index in [4.69, 9.17) is 4.74 Å². The van der Waals surface area contributed by atoms with Gasteiger partial charge < -0.3 is 10.1 Å². The number of benzene rings is 1. The second-order valence-electron chi connectivity index (χ2n) is 8.80. The molecule has 4 saturated carbocycles. The summed E-state index contributed by atoms with van der Waals surface area (Å²) in [6.07, 6.45) is 7.06. The van der Waals surface area contributed by atoms with Crippen LogP contribution in [0.15, 0.2) is 24.3 Å². The maximum atomic E-state index is 14.2. The van der Waals surface area contributed by atoms with Crippen molar-refractivity contribution in [2.75, 3.05) is 13.7 Å². The van der Waals surface area contributed by atoms with Gasteiger partial charge in [-0.25, -0.2) is 4.39 Å². The number of rotatable bonds is 5. The molecule has 1 aromatic rings. The Kier molecular flexibility index (Phi) is 4.14. The second-order valence-corrected chi connectivity index (χ2v) is 8.80. The Bertz CT molecular complexity index is 638. The Balaban J connectivity index is 1.49. The summed E-state index contributed by atoms with van der Waals surface area (Å²) in [5.74, 6) is 2.06. The molecule has 0 heterocycles. The van der Waals surface area contributed by atoms with E-state index in [1.165, 1.54) is 25.3 Å². The minimum atomic E-state index is -0.858. The number of ether oxygens (including phenoxy) is 1. The standard InChI is InChI=1S/C21H28FNO2/c1-20(25-2,17-5-3-4-6-18(17)22)13-23-19(24)21-10-14-7-15(11-21)9-16(8-14)12-21/h3-6,14-16H,7-13H2,1-2H3,(H,23,24). The molecule has 0 aliphatic heterocycles. The molecule has 1 aromatic carbocycles. The van der Waals surface area contributed by atoms with Crippen LogP contribution < -0.4 is 5.32 Å². The summed E-state index contributed by atoms with van der Waals surface area (Å²) < 4.78 is 19.8. The summed E-state index contributed by atoms with van der Waals surface area (Å²) in [7, 11) is 1.57. The van der Waals surface area contributed by atoms with E-state index in [2.05, 4.69) is 5.32 Å². The summed E-state index contributed by atoms with van der Waals surface area (Å²) in [5.41, 5.74) is -0.551. The van der Waals surface area contributed by atoms with E-state index >= 15 is 0 Å². The molecule has 5 rings (SSSR count). The van der Waals surface area contributed by atoms with Gasteiger partial charge >= 0.3 is 0 Å². The average molecular weight is 345 g/mol. The molecule has 4 aliphatic carbocycles. The Labute approximate surface area is 149 Å². The summed E-state index contributed by atoms with van der Waals surface area (Å²) in [6, 6.07) is 6.64. The molecule has 1 N–H and O–H groups in total. The molecule has 4 fully saturated rings. The van der Waals surface area contributed by atoms with Crippen molar-refractivity contribution in [1.29, 1.82) is 0 Å². The summed E-state index contributed by atoms with van der Waals surface area (Å²) in [5, 5.41) is 3.13. The maximum absolute atomic E-state index is 14.2. The molecule has 1 atom stereocenters. The van der Waals surface area contributed by atoms with Gasteiger partial charge in [-0.05, 0) is 69.3 Å². The van der Waals surface area contributed by atoms with Crippen molar-refractivity contribution in [2.24, 2.45) is 23.2 Å². The third kappa shape index (κ3) is 2.88. The van der Waals surface area contributed by atoms with Crippen LogP contribution in [0.5, 0.6) is 0 Å². The predicted molar refractivity (Wildman–Crippen MR) is 94.4 cm³/mol. The highest BCUT2D eigenvalue weighted by Gasteiger charge is 2.54. The number of halogens is 1. The van der Waals surface area contributed by atoms with Crippen molar-refractivity contribution < 1.29 is 13.9 Å². The number of carbonyl (C=O) groups is 1. The molecule has 4 heteroatoms. The largest absolute Gasteiger partial charge is 0.372 e. The maximum Gasteiger partial charge on any atom is 0.226 e. The van der Waals surface area contributed by atoms with Crippen molar-refractivity contribution in [3.63, 3.8) is 0 Å². The van der Waals surface area contributed by atoms with Crippen LogP contribution in [-0.4, -0.2) is 19.6 Å². The molecule has 4 aliphatic rings. The number of methoxy groups -OCH3 is 1. The lowest BCUT2D eigenvalue weighted by atomic mass is 9.49. The number of nitrogens with one attached hydrogen (secondary N) is 1. The smallest absolute Gasteiger partial charge is 0.226 e. The summed E-state index contributed by atoms with van der Waals surface area (Å²) >= 11 is 0. The van der Waals surface area contributed by atoms with Gasteiger partial charge in [0, 0.05) is 18.1 Å². The first-order chi connectivity index (χ1) is 11.9. The molecule has 0 aromatic heterocycles. The van der Waals surface area contributed by atoms with Crippen LogP contribution in [0.4, 0.5) is 4.39 Å². The Morgan fingerprint density at radius 1 is 1.20 bits per heavy atom. The molecular formula is C21H28FNO2. The van der Waals surface area contributed by atoms with Gasteiger partial charge in [-0.2, -0.15) is 0 Å². The lowest BCUT2D eigenvalue weighted by molar-refractivity contribution is -0.147. The Morgan fingerprint density at radius 3 is 2.28 bits per heavy atom. The Morgan fingerprint density at radius 2 is 1.76 bits per heavy atom. The molecule has 3 nitrogen and oxygen atoms in total. The van der Waals surface area contributed by atoms with Crippen LogP contribution in [0.25, 0.3) is 0 Å². The second kappa shape index (κ2) is 6.08. The number of hydrogen-bond donors (Lipinski definition) is 1. The van der Waals surface area contributed by atoms with Crippen molar-refractivity contribution in [3.8, 4) is 0 Å². The number of hydrogen-bond acceptors (Lipinski definition) is 2. The van der Waals surface area contributed by atoms with E-state index in [-0.39, 0.29) is 17.1 Å².